The highest BCUT2D eigenvalue weighted by molar-refractivity contribution is 5.82. The zero-order valence-corrected chi connectivity index (χ0v) is 9.75. The number of halogens is 1. The first-order chi connectivity index (χ1) is 7.81. The van der Waals surface area contributed by atoms with E-state index in [2.05, 4.69) is 5.32 Å². The van der Waals surface area contributed by atoms with Crippen LogP contribution in [0.25, 0.3) is 0 Å². The highest BCUT2D eigenvalue weighted by atomic mass is 19.1. The minimum atomic E-state index is -0.290. The SMILES string of the molecule is O=C([C@H]1CCCCN1)N1CCC[C@H](CF)C1. The number of carbonyl (C=O) groups excluding carboxylic acids is 1. The molecule has 4 heteroatoms. The number of hydrogen-bond donors (Lipinski definition) is 1. The van der Waals surface area contributed by atoms with Gasteiger partial charge >= 0.3 is 0 Å². The van der Waals surface area contributed by atoms with Gasteiger partial charge in [0.1, 0.15) is 0 Å². The van der Waals surface area contributed by atoms with Crippen LogP contribution >= 0.6 is 0 Å². The topological polar surface area (TPSA) is 32.3 Å². The van der Waals surface area contributed by atoms with E-state index < -0.39 is 0 Å². The molecule has 0 aliphatic carbocycles. The van der Waals surface area contributed by atoms with Gasteiger partial charge in [-0.15, -0.1) is 0 Å². The van der Waals surface area contributed by atoms with Crippen molar-refractivity contribution in [3.63, 3.8) is 0 Å². The summed E-state index contributed by atoms with van der Waals surface area (Å²) in [5.74, 6) is 0.263. The van der Waals surface area contributed by atoms with E-state index in [9.17, 15) is 9.18 Å². The average Bonchev–Trinajstić information content (AvgIpc) is 2.39. The largest absolute Gasteiger partial charge is 0.341 e. The molecule has 2 rings (SSSR count). The lowest BCUT2D eigenvalue weighted by Crippen LogP contribution is -2.51. The Balaban J connectivity index is 1.87. The molecule has 0 aromatic carbocycles. The van der Waals surface area contributed by atoms with E-state index in [1.165, 1.54) is 0 Å². The summed E-state index contributed by atoms with van der Waals surface area (Å²) in [6, 6.07) is -0.00730. The summed E-state index contributed by atoms with van der Waals surface area (Å²) in [4.78, 5) is 14.0. The predicted molar refractivity (Wildman–Crippen MR) is 60.9 cm³/mol. The second kappa shape index (κ2) is 5.62. The summed E-state index contributed by atoms with van der Waals surface area (Å²) < 4.78 is 12.6. The average molecular weight is 228 g/mol. The molecule has 0 aromatic rings. The van der Waals surface area contributed by atoms with Gasteiger partial charge in [-0.1, -0.05) is 6.42 Å². The molecule has 0 radical (unpaired) electrons. The first kappa shape index (κ1) is 11.8. The number of piperidine rings is 2. The van der Waals surface area contributed by atoms with Gasteiger partial charge in [-0.05, 0) is 32.2 Å². The zero-order chi connectivity index (χ0) is 11.4. The van der Waals surface area contributed by atoms with Crippen LogP contribution < -0.4 is 5.32 Å². The van der Waals surface area contributed by atoms with Crippen LogP contribution in [0.15, 0.2) is 0 Å². The number of carbonyl (C=O) groups is 1. The third kappa shape index (κ3) is 2.73. The van der Waals surface area contributed by atoms with Crippen molar-refractivity contribution in [1.82, 2.24) is 10.2 Å². The lowest BCUT2D eigenvalue weighted by atomic mass is 9.97. The first-order valence-electron chi connectivity index (χ1n) is 6.39. The minimum absolute atomic E-state index is 0.00730. The van der Waals surface area contributed by atoms with E-state index in [0.717, 1.165) is 45.2 Å². The van der Waals surface area contributed by atoms with Gasteiger partial charge in [0.05, 0.1) is 12.7 Å². The van der Waals surface area contributed by atoms with Gasteiger partial charge < -0.3 is 10.2 Å². The van der Waals surface area contributed by atoms with E-state index in [0.29, 0.717) is 6.54 Å². The molecular formula is C12H21FN2O. The molecule has 2 saturated heterocycles. The molecule has 0 unspecified atom stereocenters. The number of amides is 1. The van der Waals surface area contributed by atoms with Crippen molar-refractivity contribution in [2.45, 2.75) is 38.1 Å². The van der Waals surface area contributed by atoms with Crippen molar-refractivity contribution in [3.05, 3.63) is 0 Å². The first-order valence-corrected chi connectivity index (χ1v) is 6.39. The Morgan fingerprint density at radius 2 is 2.19 bits per heavy atom. The maximum Gasteiger partial charge on any atom is 0.239 e. The fourth-order valence-corrected chi connectivity index (χ4v) is 2.67. The lowest BCUT2D eigenvalue weighted by Gasteiger charge is -2.35. The Bertz CT molecular complexity index is 241. The predicted octanol–water partition coefficient (Wildman–Crippen LogP) is 1.34. The summed E-state index contributed by atoms with van der Waals surface area (Å²) in [5.41, 5.74) is 0. The molecule has 92 valence electrons. The van der Waals surface area contributed by atoms with E-state index >= 15 is 0 Å². The molecule has 2 aliphatic rings. The van der Waals surface area contributed by atoms with Crippen LogP contribution in [0.2, 0.25) is 0 Å². The summed E-state index contributed by atoms with van der Waals surface area (Å²) in [5, 5.41) is 3.26. The third-order valence-electron chi connectivity index (χ3n) is 3.66. The van der Waals surface area contributed by atoms with E-state index in [-0.39, 0.29) is 24.5 Å². The molecule has 2 heterocycles. The monoisotopic (exact) mass is 228 g/mol. The summed E-state index contributed by atoms with van der Waals surface area (Å²) in [7, 11) is 0. The maximum absolute atomic E-state index is 12.6. The minimum Gasteiger partial charge on any atom is -0.341 e. The van der Waals surface area contributed by atoms with E-state index in [4.69, 9.17) is 0 Å². The number of nitrogens with zero attached hydrogens (tertiary/aromatic N) is 1. The van der Waals surface area contributed by atoms with Crippen molar-refractivity contribution in [2.24, 2.45) is 5.92 Å². The lowest BCUT2D eigenvalue weighted by molar-refractivity contribution is -0.136. The van der Waals surface area contributed by atoms with Gasteiger partial charge in [0.25, 0.3) is 0 Å². The number of likely N-dealkylation sites (tertiary alicyclic amines) is 1. The van der Waals surface area contributed by atoms with Crippen LogP contribution in [0.1, 0.15) is 32.1 Å². The Morgan fingerprint density at radius 3 is 2.88 bits per heavy atom. The van der Waals surface area contributed by atoms with Crippen molar-refractivity contribution >= 4 is 5.91 Å². The number of nitrogens with one attached hydrogen (secondary N) is 1. The summed E-state index contributed by atoms with van der Waals surface area (Å²) in [6.07, 6.45) is 5.11. The molecule has 2 fully saturated rings. The quantitative estimate of drug-likeness (QED) is 0.773. The third-order valence-corrected chi connectivity index (χ3v) is 3.66. The number of rotatable bonds is 2. The highest BCUT2D eigenvalue weighted by Crippen LogP contribution is 2.19. The van der Waals surface area contributed by atoms with Crippen LogP contribution in [-0.4, -0.2) is 43.2 Å². The van der Waals surface area contributed by atoms with Crippen LogP contribution in [0.3, 0.4) is 0 Å². The standard InChI is InChI=1S/C12H21FN2O/c13-8-10-4-3-7-15(9-10)12(16)11-5-1-2-6-14-11/h10-11,14H,1-9H2/t10-,11-/m1/s1. The van der Waals surface area contributed by atoms with Crippen LogP contribution in [-0.2, 0) is 4.79 Å². The second-order valence-electron chi connectivity index (χ2n) is 4.95. The van der Waals surface area contributed by atoms with Gasteiger partial charge in [0.15, 0.2) is 0 Å². The van der Waals surface area contributed by atoms with Crippen molar-refractivity contribution < 1.29 is 9.18 Å². The van der Waals surface area contributed by atoms with Gasteiger partial charge in [-0.3, -0.25) is 9.18 Å². The molecule has 2 atom stereocenters. The van der Waals surface area contributed by atoms with Gasteiger partial charge in [0, 0.05) is 19.0 Å². The Morgan fingerprint density at radius 1 is 1.31 bits per heavy atom. The second-order valence-corrected chi connectivity index (χ2v) is 4.95. The molecule has 16 heavy (non-hydrogen) atoms. The Hall–Kier alpha value is -0.640. The Kier molecular flexibility index (Phi) is 4.16. The van der Waals surface area contributed by atoms with Crippen LogP contribution in [0.4, 0.5) is 4.39 Å². The maximum atomic E-state index is 12.6. The normalized spacial score (nSPS) is 31.4. The molecular weight excluding hydrogens is 207 g/mol. The number of hydrogen-bond acceptors (Lipinski definition) is 2. The molecule has 0 bridgehead atoms. The fraction of sp³-hybridized carbons (Fsp3) is 0.917. The zero-order valence-electron chi connectivity index (χ0n) is 9.75. The molecule has 2 aliphatic heterocycles. The van der Waals surface area contributed by atoms with Crippen LogP contribution in [0.5, 0.6) is 0 Å². The van der Waals surface area contributed by atoms with Gasteiger partial charge in [-0.25, -0.2) is 0 Å². The molecule has 0 saturated carbocycles. The molecule has 0 spiro atoms. The van der Waals surface area contributed by atoms with Gasteiger partial charge in [-0.2, -0.15) is 0 Å². The Labute approximate surface area is 96.4 Å². The molecule has 0 aromatic heterocycles. The number of alkyl halides is 1. The summed E-state index contributed by atoms with van der Waals surface area (Å²) in [6.45, 7) is 2.08. The summed E-state index contributed by atoms with van der Waals surface area (Å²) >= 11 is 0. The smallest absolute Gasteiger partial charge is 0.239 e. The molecule has 3 nitrogen and oxygen atoms in total. The molecule has 1 amide bonds. The van der Waals surface area contributed by atoms with Crippen LogP contribution in [0, 0.1) is 5.92 Å². The van der Waals surface area contributed by atoms with Crippen molar-refractivity contribution in [3.8, 4) is 0 Å². The van der Waals surface area contributed by atoms with Gasteiger partial charge in [0.2, 0.25) is 5.91 Å². The molecule has 1 N–H and O–H groups in total. The van der Waals surface area contributed by atoms with E-state index in [1.54, 1.807) is 0 Å². The highest BCUT2D eigenvalue weighted by Gasteiger charge is 2.29. The van der Waals surface area contributed by atoms with E-state index in [1.807, 2.05) is 4.90 Å². The van der Waals surface area contributed by atoms with Crippen molar-refractivity contribution in [1.29, 1.82) is 0 Å². The fourth-order valence-electron chi connectivity index (χ4n) is 2.67. The van der Waals surface area contributed by atoms with Crippen molar-refractivity contribution in [2.75, 3.05) is 26.3 Å².